The molecule has 6 nitrogen and oxygen atoms in total. The van der Waals surface area contributed by atoms with Crippen LogP contribution in [0.25, 0.3) is 0 Å². The average Bonchev–Trinajstić information content (AvgIpc) is 3.13. The number of carbonyl (C=O) groups excluding carboxylic acids is 1. The van der Waals surface area contributed by atoms with Crippen molar-refractivity contribution in [2.45, 2.75) is 96.7 Å². The Balaban J connectivity index is 1.69. The maximum Gasteiger partial charge on any atom is 0.306 e. The highest BCUT2D eigenvalue weighted by molar-refractivity contribution is 5.72. The number of carboxylic acid groups (broad SMARTS) is 1. The molecule has 1 saturated heterocycles. The molecule has 0 bridgehead atoms. The molecule has 0 radical (unpaired) electrons. The van der Waals surface area contributed by atoms with Crippen molar-refractivity contribution in [3.63, 3.8) is 0 Å². The summed E-state index contributed by atoms with van der Waals surface area (Å²) in [6.45, 7) is 7.88. The van der Waals surface area contributed by atoms with Crippen LogP contribution in [0.1, 0.15) is 85.5 Å². The first-order valence-corrected chi connectivity index (χ1v) is 12.2. The van der Waals surface area contributed by atoms with Gasteiger partial charge in [-0.2, -0.15) is 0 Å². The van der Waals surface area contributed by atoms with E-state index in [-0.39, 0.29) is 41.2 Å². The van der Waals surface area contributed by atoms with E-state index in [2.05, 4.69) is 13.8 Å². The van der Waals surface area contributed by atoms with Crippen LogP contribution >= 0.6 is 0 Å². The molecule has 0 aromatic heterocycles. The molecule has 1 aliphatic heterocycles. The van der Waals surface area contributed by atoms with Crippen molar-refractivity contribution < 1.29 is 29.6 Å². The van der Waals surface area contributed by atoms with Gasteiger partial charge in [-0.1, -0.05) is 20.8 Å². The first kappa shape index (κ1) is 23.0. The summed E-state index contributed by atoms with van der Waals surface area (Å²) in [5.41, 5.74) is -1.98. The normalized spacial score (nSPS) is 47.7. The van der Waals surface area contributed by atoms with Gasteiger partial charge in [0.05, 0.1) is 18.1 Å². The predicted molar refractivity (Wildman–Crippen MR) is 115 cm³/mol. The van der Waals surface area contributed by atoms with Crippen LogP contribution in [0.15, 0.2) is 0 Å². The molecule has 176 valence electrons. The van der Waals surface area contributed by atoms with E-state index in [4.69, 9.17) is 4.74 Å². The van der Waals surface area contributed by atoms with E-state index in [0.29, 0.717) is 31.1 Å². The highest BCUT2D eigenvalue weighted by Crippen LogP contribution is 2.70. The Morgan fingerprint density at radius 2 is 1.84 bits per heavy atom. The number of carboxylic acids is 1. The zero-order valence-electron chi connectivity index (χ0n) is 19.5. The molecule has 0 aromatic carbocycles. The first-order valence-electron chi connectivity index (χ1n) is 12.2. The lowest BCUT2D eigenvalue weighted by Crippen LogP contribution is -2.53. The maximum absolute atomic E-state index is 12.2. The lowest BCUT2D eigenvalue weighted by atomic mass is 9.48. The Labute approximate surface area is 185 Å². The third-order valence-electron chi connectivity index (χ3n) is 10.7. The van der Waals surface area contributed by atoms with Gasteiger partial charge in [0, 0.05) is 12.3 Å². The van der Waals surface area contributed by atoms with Crippen molar-refractivity contribution in [3.05, 3.63) is 0 Å². The van der Waals surface area contributed by atoms with Gasteiger partial charge in [0.15, 0.2) is 0 Å². The molecule has 4 rings (SSSR count). The Hall–Kier alpha value is -1.14. The molecule has 4 fully saturated rings. The fourth-order valence-electron chi connectivity index (χ4n) is 8.76. The van der Waals surface area contributed by atoms with E-state index in [9.17, 15) is 24.9 Å². The van der Waals surface area contributed by atoms with Crippen LogP contribution in [-0.4, -0.2) is 45.1 Å². The standard InChI is InChI=1S/C25H40O6/c1-15(21(28)29)17-8-11-23(3)18-5-6-19(24(4,30)14-26)25(12-9-20(27)31-25)13-16(18)7-10-22(17,23)2/h15-19,26,30H,5-14H2,1-4H3,(H,28,29)/t15-,16-,17-,18+,19+,22+,23+,24+,25-/m0/s1. The highest BCUT2D eigenvalue weighted by Gasteiger charge is 2.65. The van der Waals surface area contributed by atoms with Gasteiger partial charge in [0.25, 0.3) is 0 Å². The third-order valence-corrected chi connectivity index (χ3v) is 10.7. The minimum Gasteiger partial charge on any atom is -0.481 e. The number of hydrogen-bond donors (Lipinski definition) is 3. The quantitative estimate of drug-likeness (QED) is 0.580. The van der Waals surface area contributed by atoms with E-state index in [1.807, 2.05) is 6.92 Å². The fraction of sp³-hybridized carbons (Fsp3) is 0.920. The number of aliphatic hydroxyl groups is 2. The molecule has 31 heavy (non-hydrogen) atoms. The van der Waals surface area contributed by atoms with E-state index in [1.54, 1.807) is 6.92 Å². The number of aliphatic hydroxyl groups excluding tert-OH is 1. The molecular formula is C25H40O6. The molecule has 3 saturated carbocycles. The molecule has 9 atom stereocenters. The monoisotopic (exact) mass is 436 g/mol. The second-order valence-electron chi connectivity index (χ2n) is 11.9. The van der Waals surface area contributed by atoms with Crippen LogP contribution in [0.4, 0.5) is 0 Å². The van der Waals surface area contributed by atoms with Gasteiger partial charge < -0.3 is 20.1 Å². The van der Waals surface area contributed by atoms with Crippen molar-refractivity contribution in [3.8, 4) is 0 Å². The van der Waals surface area contributed by atoms with Crippen LogP contribution < -0.4 is 0 Å². The highest BCUT2D eigenvalue weighted by atomic mass is 16.6. The topological polar surface area (TPSA) is 104 Å². The zero-order valence-corrected chi connectivity index (χ0v) is 19.5. The maximum atomic E-state index is 12.2. The number of hydrogen-bond acceptors (Lipinski definition) is 5. The number of esters is 1. The van der Waals surface area contributed by atoms with Crippen LogP contribution in [0.3, 0.4) is 0 Å². The molecule has 1 heterocycles. The minimum absolute atomic E-state index is 0.0230. The molecule has 0 unspecified atom stereocenters. The number of carbonyl (C=O) groups is 2. The lowest BCUT2D eigenvalue weighted by molar-refractivity contribution is -0.173. The van der Waals surface area contributed by atoms with Gasteiger partial charge in [-0.3, -0.25) is 9.59 Å². The summed E-state index contributed by atoms with van der Waals surface area (Å²) < 4.78 is 5.99. The molecule has 3 N–H and O–H groups in total. The summed E-state index contributed by atoms with van der Waals surface area (Å²) in [5.74, 6) is -0.551. The average molecular weight is 437 g/mol. The number of aliphatic carboxylic acids is 1. The van der Waals surface area contributed by atoms with Gasteiger partial charge in [-0.15, -0.1) is 0 Å². The molecule has 4 aliphatic rings. The summed E-state index contributed by atoms with van der Waals surface area (Å²) >= 11 is 0. The van der Waals surface area contributed by atoms with Gasteiger partial charge in [0.1, 0.15) is 5.60 Å². The molecule has 0 amide bonds. The van der Waals surface area contributed by atoms with Crippen LogP contribution in [-0.2, 0) is 14.3 Å². The molecule has 0 aromatic rings. The number of ether oxygens (including phenoxy) is 1. The van der Waals surface area contributed by atoms with Crippen molar-refractivity contribution in [1.29, 1.82) is 0 Å². The Morgan fingerprint density at radius 3 is 2.42 bits per heavy atom. The lowest BCUT2D eigenvalue weighted by Gasteiger charge is -2.57. The van der Waals surface area contributed by atoms with Gasteiger partial charge in [0.2, 0.25) is 0 Å². The van der Waals surface area contributed by atoms with Crippen molar-refractivity contribution in [2.24, 2.45) is 40.4 Å². The summed E-state index contributed by atoms with van der Waals surface area (Å²) in [6.07, 6.45) is 7.35. The Morgan fingerprint density at radius 1 is 1.16 bits per heavy atom. The van der Waals surface area contributed by atoms with E-state index in [1.165, 1.54) is 0 Å². The molecule has 6 heteroatoms. The van der Waals surface area contributed by atoms with Crippen molar-refractivity contribution in [1.82, 2.24) is 0 Å². The predicted octanol–water partition coefficient (Wildman–Crippen LogP) is 3.78. The Kier molecular flexibility index (Phi) is 5.53. The SMILES string of the molecule is C[C@H](C(=O)O)[C@@H]1CC[C@]2(C)[C@@H]3CC[C@H]([C@](C)(O)CO)[C@]4(CCC(=O)O4)C[C@@H]3CC[C@]12C. The smallest absolute Gasteiger partial charge is 0.306 e. The second-order valence-corrected chi connectivity index (χ2v) is 11.9. The molecule has 1 spiro atoms. The molecule has 3 aliphatic carbocycles. The minimum atomic E-state index is -1.29. The summed E-state index contributed by atoms with van der Waals surface area (Å²) in [4.78, 5) is 24.0. The number of fused-ring (bicyclic) bond motifs is 3. The van der Waals surface area contributed by atoms with Gasteiger partial charge >= 0.3 is 11.9 Å². The Bertz CT molecular complexity index is 748. The largest absolute Gasteiger partial charge is 0.481 e. The van der Waals surface area contributed by atoms with Crippen molar-refractivity contribution >= 4 is 11.9 Å². The van der Waals surface area contributed by atoms with Crippen LogP contribution in [0.2, 0.25) is 0 Å². The third kappa shape index (κ3) is 3.26. The van der Waals surface area contributed by atoms with Crippen LogP contribution in [0, 0.1) is 40.4 Å². The summed E-state index contributed by atoms with van der Waals surface area (Å²) in [6, 6.07) is 0. The fourth-order valence-corrected chi connectivity index (χ4v) is 8.76. The van der Waals surface area contributed by atoms with E-state index < -0.39 is 17.2 Å². The van der Waals surface area contributed by atoms with E-state index >= 15 is 0 Å². The summed E-state index contributed by atoms with van der Waals surface area (Å²) in [7, 11) is 0. The van der Waals surface area contributed by atoms with Crippen molar-refractivity contribution in [2.75, 3.05) is 6.61 Å². The zero-order chi connectivity index (χ0) is 22.8. The summed E-state index contributed by atoms with van der Waals surface area (Å²) in [5, 5.41) is 30.8. The second kappa shape index (κ2) is 7.44. The van der Waals surface area contributed by atoms with E-state index in [0.717, 1.165) is 38.5 Å². The van der Waals surface area contributed by atoms with Gasteiger partial charge in [-0.25, -0.2) is 0 Å². The first-order chi connectivity index (χ1) is 14.4. The van der Waals surface area contributed by atoms with Gasteiger partial charge in [-0.05, 0) is 86.9 Å². The van der Waals surface area contributed by atoms with Crippen LogP contribution in [0.5, 0.6) is 0 Å². The molecular weight excluding hydrogens is 396 g/mol. The number of rotatable bonds is 4.